The Labute approximate surface area is 165 Å². The lowest BCUT2D eigenvalue weighted by molar-refractivity contribution is -0.115. The molecule has 8 heteroatoms. The monoisotopic (exact) mass is 401 g/mol. The molecular formula is C20H20FN3O3S. The molecule has 146 valence electrons. The van der Waals surface area contributed by atoms with Gasteiger partial charge in [0.25, 0.3) is 5.56 Å². The number of thioether (sulfide) groups is 1. The van der Waals surface area contributed by atoms with E-state index in [0.717, 1.165) is 0 Å². The van der Waals surface area contributed by atoms with Crippen LogP contribution in [0.2, 0.25) is 0 Å². The molecule has 0 unspecified atom stereocenters. The van der Waals surface area contributed by atoms with Crippen molar-refractivity contribution >= 4 is 34.3 Å². The van der Waals surface area contributed by atoms with Gasteiger partial charge in [-0.05, 0) is 43.3 Å². The van der Waals surface area contributed by atoms with Crippen LogP contribution in [0, 0.1) is 5.82 Å². The number of rotatable bonds is 7. The molecule has 0 aliphatic carbocycles. The minimum Gasteiger partial charge on any atom is -0.383 e. The van der Waals surface area contributed by atoms with E-state index in [9.17, 15) is 14.0 Å². The first kappa shape index (κ1) is 20.0. The third-order valence-corrected chi connectivity index (χ3v) is 5.20. The number of halogens is 1. The minimum absolute atomic E-state index is 0.170. The molecule has 2 aromatic carbocycles. The lowest BCUT2D eigenvalue weighted by Crippen LogP contribution is -2.28. The quantitative estimate of drug-likeness (QED) is 0.486. The van der Waals surface area contributed by atoms with E-state index < -0.39 is 5.25 Å². The highest BCUT2D eigenvalue weighted by molar-refractivity contribution is 8.00. The first-order valence-electron chi connectivity index (χ1n) is 8.71. The normalized spacial score (nSPS) is 12.1. The van der Waals surface area contributed by atoms with Crippen LogP contribution < -0.4 is 10.9 Å². The summed E-state index contributed by atoms with van der Waals surface area (Å²) in [5, 5.41) is 3.18. The van der Waals surface area contributed by atoms with E-state index in [0.29, 0.717) is 34.9 Å². The van der Waals surface area contributed by atoms with E-state index >= 15 is 0 Å². The number of aromatic nitrogens is 2. The van der Waals surface area contributed by atoms with Gasteiger partial charge in [-0.3, -0.25) is 14.2 Å². The van der Waals surface area contributed by atoms with Crippen LogP contribution in [0.15, 0.2) is 58.5 Å². The van der Waals surface area contributed by atoms with Crippen molar-refractivity contribution in [1.82, 2.24) is 9.55 Å². The molecule has 0 saturated heterocycles. The highest BCUT2D eigenvalue weighted by atomic mass is 32.2. The third-order valence-electron chi connectivity index (χ3n) is 4.11. The van der Waals surface area contributed by atoms with Crippen LogP contribution in [0.5, 0.6) is 0 Å². The Morgan fingerprint density at radius 3 is 2.68 bits per heavy atom. The molecule has 28 heavy (non-hydrogen) atoms. The number of methoxy groups -OCH3 is 1. The summed E-state index contributed by atoms with van der Waals surface area (Å²) in [4.78, 5) is 29.9. The molecule has 3 aromatic rings. The van der Waals surface area contributed by atoms with Crippen LogP contribution in [0.1, 0.15) is 6.92 Å². The van der Waals surface area contributed by atoms with Crippen molar-refractivity contribution in [2.45, 2.75) is 23.9 Å². The van der Waals surface area contributed by atoms with E-state index in [-0.39, 0.29) is 17.3 Å². The maximum atomic E-state index is 13.0. The molecular weight excluding hydrogens is 381 g/mol. The van der Waals surface area contributed by atoms with Crippen molar-refractivity contribution in [3.63, 3.8) is 0 Å². The number of fused-ring (bicyclic) bond motifs is 1. The number of ether oxygens (including phenoxy) is 1. The molecule has 1 amide bonds. The summed E-state index contributed by atoms with van der Waals surface area (Å²) in [6, 6.07) is 12.6. The van der Waals surface area contributed by atoms with Gasteiger partial charge in [-0.15, -0.1) is 0 Å². The van der Waals surface area contributed by atoms with Gasteiger partial charge in [0.05, 0.1) is 29.3 Å². The second kappa shape index (κ2) is 8.99. The van der Waals surface area contributed by atoms with Gasteiger partial charge in [-0.25, -0.2) is 9.37 Å². The molecule has 0 radical (unpaired) electrons. The molecule has 6 nitrogen and oxygen atoms in total. The minimum atomic E-state index is -0.521. The number of carbonyl (C=O) groups is 1. The van der Waals surface area contributed by atoms with Gasteiger partial charge in [0, 0.05) is 12.8 Å². The number of hydrogen-bond donors (Lipinski definition) is 1. The molecule has 1 N–H and O–H groups in total. The van der Waals surface area contributed by atoms with Gasteiger partial charge in [0.1, 0.15) is 5.82 Å². The van der Waals surface area contributed by atoms with Gasteiger partial charge >= 0.3 is 0 Å². The number of para-hydroxylation sites is 1. The summed E-state index contributed by atoms with van der Waals surface area (Å²) in [6.45, 7) is 2.41. The Balaban J connectivity index is 1.86. The van der Waals surface area contributed by atoms with Gasteiger partial charge in [-0.2, -0.15) is 0 Å². The van der Waals surface area contributed by atoms with E-state index in [1.54, 1.807) is 32.2 Å². The van der Waals surface area contributed by atoms with Crippen molar-refractivity contribution in [1.29, 1.82) is 0 Å². The van der Waals surface area contributed by atoms with Crippen LogP contribution >= 0.6 is 11.8 Å². The van der Waals surface area contributed by atoms with Crippen LogP contribution in [0.25, 0.3) is 10.9 Å². The smallest absolute Gasteiger partial charge is 0.262 e. The Kier molecular flexibility index (Phi) is 6.43. The number of nitrogens with one attached hydrogen (secondary N) is 1. The van der Waals surface area contributed by atoms with E-state index in [1.165, 1.54) is 40.6 Å². The zero-order valence-corrected chi connectivity index (χ0v) is 16.3. The van der Waals surface area contributed by atoms with Crippen LogP contribution in [-0.4, -0.2) is 34.4 Å². The average Bonchev–Trinajstić information content (AvgIpc) is 2.69. The molecule has 0 bridgehead atoms. The predicted octanol–water partition coefficient (Wildman–Crippen LogP) is 3.30. The molecule has 0 saturated carbocycles. The number of hydrogen-bond acceptors (Lipinski definition) is 5. The van der Waals surface area contributed by atoms with E-state index in [4.69, 9.17) is 4.74 Å². The number of nitrogens with zero attached hydrogens (tertiary/aromatic N) is 2. The average molecular weight is 401 g/mol. The molecule has 3 rings (SSSR count). The lowest BCUT2D eigenvalue weighted by Gasteiger charge is -2.16. The highest BCUT2D eigenvalue weighted by Crippen LogP contribution is 2.23. The largest absolute Gasteiger partial charge is 0.383 e. The fraction of sp³-hybridized carbons (Fsp3) is 0.250. The third kappa shape index (κ3) is 4.58. The Bertz CT molecular complexity index is 1040. The predicted molar refractivity (Wildman–Crippen MR) is 108 cm³/mol. The van der Waals surface area contributed by atoms with Gasteiger partial charge in [-0.1, -0.05) is 23.9 Å². The van der Waals surface area contributed by atoms with Crippen molar-refractivity contribution in [2.24, 2.45) is 0 Å². The molecule has 0 fully saturated rings. The summed E-state index contributed by atoms with van der Waals surface area (Å²) in [6.07, 6.45) is 0. The van der Waals surface area contributed by atoms with Crippen molar-refractivity contribution in [2.75, 3.05) is 19.0 Å². The van der Waals surface area contributed by atoms with Crippen LogP contribution in [0.3, 0.4) is 0 Å². The summed E-state index contributed by atoms with van der Waals surface area (Å²) in [5.41, 5.74) is 0.910. The van der Waals surface area contributed by atoms with Crippen molar-refractivity contribution in [3.8, 4) is 0 Å². The molecule has 1 atom stereocenters. The maximum Gasteiger partial charge on any atom is 0.262 e. The van der Waals surface area contributed by atoms with E-state index in [2.05, 4.69) is 10.3 Å². The maximum absolute atomic E-state index is 13.0. The zero-order valence-electron chi connectivity index (χ0n) is 15.5. The van der Waals surface area contributed by atoms with Gasteiger partial charge in [0.2, 0.25) is 5.91 Å². The molecule has 0 aliphatic rings. The first-order chi connectivity index (χ1) is 13.5. The molecule has 1 heterocycles. The topological polar surface area (TPSA) is 73.2 Å². The highest BCUT2D eigenvalue weighted by Gasteiger charge is 2.19. The van der Waals surface area contributed by atoms with Crippen molar-refractivity contribution in [3.05, 3.63) is 64.7 Å². The first-order valence-corrected chi connectivity index (χ1v) is 9.59. The Morgan fingerprint density at radius 2 is 1.96 bits per heavy atom. The Hall–Kier alpha value is -2.71. The Morgan fingerprint density at radius 1 is 1.25 bits per heavy atom. The SMILES string of the molecule is COCCn1c(S[C@@H](C)C(=O)Nc2ccc(F)cc2)nc2ccccc2c1=O. The summed E-state index contributed by atoms with van der Waals surface area (Å²) >= 11 is 1.19. The lowest BCUT2D eigenvalue weighted by atomic mass is 10.2. The number of amides is 1. The number of benzene rings is 2. The fourth-order valence-electron chi connectivity index (χ4n) is 2.61. The van der Waals surface area contributed by atoms with E-state index in [1.807, 2.05) is 6.07 Å². The van der Waals surface area contributed by atoms with Crippen molar-refractivity contribution < 1.29 is 13.9 Å². The summed E-state index contributed by atoms with van der Waals surface area (Å²) < 4.78 is 19.6. The van der Waals surface area contributed by atoms with Crippen LogP contribution in [-0.2, 0) is 16.1 Å². The molecule has 0 aliphatic heterocycles. The van der Waals surface area contributed by atoms with Gasteiger partial charge < -0.3 is 10.1 Å². The second-order valence-corrected chi connectivity index (χ2v) is 7.43. The standard InChI is InChI=1S/C20H20FN3O3S/c1-13(18(25)22-15-9-7-14(21)8-10-15)28-20-23-17-6-4-3-5-16(17)19(26)24(20)11-12-27-2/h3-10,13H,11-12H2,1-2H3,(H,22,25)/t13-/m0/s1. The summed E-state index contributed by atoms with van der Waals surface area (Å²) in [7, 11) is 1.56. The van der Waals surface area contributed by atoms with Gasteiger partial charge in [0.15, 0.2) is 5.16 Å². The number of anilines is 1. The fourth-order valence-corrected chi connectivity index (χ4v) is 3.54. The van der Waals surface area contributed by atoms with Crippen LogP contribution in [0.4, 0.5) is 10.1 Å². The molecule has 1 aromatic heterocycles. The molecule has 0 spiro atoms. The summed E-state index contributed by atoms with van der Waals surface area (Å²) in [5.74, 6) is -0.639. The number of carbonyl (C=O) groups excluding carboxylic acids is 1. The zero-order chi connectivity index (χ0) is 20.1. The second-order valence-electron chi connectivity index (χ2n) is 6.12.